The lowest BCUT2D eigenvalue weighted by atomic mass is 10.0. The van der Waals surface area contributed by atoms with Crippen molar-refractivity contribution in [3.63, 3.8) is 0 Å². The van der Waals surface area contributed by atoms with E-state index in [1.807, 2.05) is 0 Å². The minimum atomic E-state index is -5.11. The number of hydrogen-bond acceptors (Lipinski definition) is 3. The fourth-order valence-corrected chi connectivity index (χ4v) is 1.87. The topological polar surface area (TPSA) is 59.4 Å². The van der Waals surface area contributed by atoms with E-state index in [0.717, 1.165) is 18.2 Å². The van der Waals surface area contributed by atoms with E-state index in [1.54, 1.807) is 0 Å². The molecule has 1 heterocycles. The van der Waals surface area contributed by atoms with Gasteiger partial charge in [-0.05, 0) is 24.3 Å². The predicted octanol–water partition coefficient (Wildman–Crippen LogP) is 4.36. The predicted molar refractivity (Wildman–Crippen MR) is 68.3 cm³/mol. The lowest BCUT2D eigenvalue weighted by Gasteiger charge is -2.15. The highest BCUT2D eigenvalue weighted by Gasteiger charge is 2.35. The Morgan fingerprint density at radius 2 is 1.62 bits per heavy atom. The first-order chi connectivity index (χ1) is 11.0. The molecule has 0 aliphatic carbocycles. The van der Waals surface area contributed by atoms with Crippen molar-refractivity contribution in [2.75, 3.05) is 0 Å². The lowest BCUT2D eigenvalue weighted by molar-refractivity contribution is -0.274. The van der Waals surface area contributed by atoms with Crippen molar-refractivity contribution in [2.24, 2.45) is 0 Å². The molecule has 1 N–H and O–H groups in total. The highest BCUT2D eigenvalue weighted by atomic mass is 19.4. The summed E-state index contributed by atoms with van der Waals surface area (Å²) in [6.07, 6.45) is -10.0. The molecule has 0 radical (unpaired) electrons. The molecule has 1 aromatic heterocycles. The third kappa shape index (κ3) is 3.94. The Bertz CT molecular complexity index is 770. The Morgan fingerprint density at radius 3 is 2.17 bits per heavy atom. The van der Waals surface area contributed by atoms with Gasteiger partial charge in [0.25, 0.3) is 0 Å². The maximum atomic E-state index is 12.8. The number of rotatable bonds is 3. The summed E-state index contributed by atoms with van der Waals surface area (Å²) < 4.78 is 79.3. The third-order valence-corrected chi connectivity index (χ3v) is 2.78. The molecular weight excluding hydrogens is 344 g/mol. The number of hydrogen-bond donors (Lipinski definition) is 1. The minimum Gasteiger partial charge on any atom is -0.478 e. The summed E-state index contributed by atoms with van der Waals surface area (Å²) in [5.74, 6) is -2.51. The summed E-state index contributed by atoms with van der Waals surface area (Å²) in [7, 11) is 0. The molecule has 2 aromatic rings. The van der Waals surface area contributed by atoms with Crippen LogP contribution in [0.3, 0.4) is 0 Å². The van der Waals surface area contributed by atoms with E-state index in [-0.39, 0.29) is 0 Å². The standard InChI is InChI=1S/C14H7F6NO3/c15-13(16,17)10-6-5-8(12(22)23)11(21-10)7-3-1-2-4-9(7)24-14(18,19)20/h1-6H,(H,22,23). The maximum absolute atomic E-state index is 12.8. The summed E-state index contributed by atoms with van der Waals surface area (Å²) >= 11 is 0. The molecule has 0 bridgehead atoms. The first-order valence-corrected chi connectivity index (χ1v) is 6.16. The van der Waals surface area contributed by atoms with Gasteiger partial charge in [-0.25, -0.2) is 9.78 Å². The number of ether oxygens (including phenoxy) is 1. The number of aromatic carboxylic acids is 1. The van der Waals surface area contributed by atoms with Crippen LogP contribution in [-0.4, -0.2) is 22.4 Å². The molecule has 0 saturated heterocycles. The number of alkyl halides is 6. The fourth-order valence-electron chi connectivity index (χ4n) is 1.87. The van der Waals surface area contributed by atoms with Gasteiger partial charge in [0.05, 0.1) is 11.3 Å². The van der Waals surface area contributed by atoms with Crippen LogP contribution in [0.1, 0.15) is 16.1 Å². The van der Waals surface area contributed by atoms with Gasteiger partial charge in [-0.3, -0.25) is 0 Å². The second-order valence-electron chi connectivity index (χ2n) is 4.44. The van der Waals surface area contributed by atoms with E-state index in [1.165, 1.54) is 6.07 Å². The van der Waals surface area contributed by atoms with Gasteiger partial charge in [0, 0.05) is 5.56 Å². The molecule has 0 fully saturated rings. The summed E-state index contributed by atoms with van der Waals surface area (Å²) in [6, 6.07) is 5.25. The Morgan fingerprint density at radius 1 is 1.00 bits per heavy atom. The second kappa shape index (κ2) is 6.02. The number of nitrogens with zero attached hydrogens (tertiary/aromatic N) is 1. The molecule has 0 saturated carbocycles. The molecule has 0 unspecified atom stereocenters. The average molecular weight is 351 g/mol. The van der Waals surface area contributed by atoms with Gasteiger partial charge in [-0.2, -0.15) is 13.2 Å². The monoisotopic (exact) mass is 351 g/mol. The minimum absolute atomic E-state index is 0.431. The summed E-state index contributed by atoms with van der Waals surface area (Å²) in [5, 5.41) is 9.06. The van der Waals surface area contributed by atoms with E-state index in [0.29, 0.717) is 12.1 Å². The largest absolute Gasteiger partial charge is 0.573 e. The lowest BCUT2D eigenvalue weighted by Crippen LogP contribution is -2.18. The summed E-state index contributed by atoms with van der Waals surface area (Å²) in [6.45, 7) is 0. The van der Waals surface area contributed by atoms with Crippen LogP contribution in [0, 0.1) is 0 Å². The molecule has 0 atom stereocenters. The Labute approximate surface area is 130 Å². The molecule has 24 heavy (non-hydrogen) atoms. The molecule has 2 rings (SSSR count). The molecule has 0 aliphatic heterocycles. The van der Waals surface area contributed by atoms with Crippen molar-refractivity contribution in [1.82, 2.24) is 4.98 Å². The van der Waals surface area contributed by atoms with Gasteiger partial charge in [-0.1, -0.05) is 12.1 Å². The molecule has 0 spiro atoms. The fraction of sp³-hybridized carbons (Fsp3) is 0.143. The Balaban J connectivity index is 2.69. The summed E-state index contributed by atoms with van der Waals surface area (Å²) in [5.41, 5.74) is -3.44. The number of carboxylic acid groups (broad SMARTS) is 1. The van der Waals surface area contributed by atoms with Crippen LogP contribution in [0.15, 0.2) is 36.4 Å². The Hall–Kier alpha value is -2.78. The van der Waals surface area contributed by atoms with Crippen molar-refractivity contribution in [3.05, 3.63) is 47.7 Å². The average Bonchev–Trinajstić information content (AvgIpc) is 2.44. The zero-order chi connectivity index (χ0) is 18.1. The van der Waals surface area contributed by atoms with Crippen molar-refractivity contribution >= 4 is 5.97 Å². The number of pyridine rings is 1. The highest BCUT2D eigenvalue weighted by Crippen LogP contribution is 2.36. The van der Waals surface area contributed by atoms with Gasteiger partial charge in [-0.15, -0.1) is 13.2 Å². The zero-order valence-electron chi connectivity index (χ0n) is 11.4. The quantitative estimate of drug-likeness (QED) is 0.835. The van der Waals surface area contributed by atoms with Gasteiger partial charge in [0.2, 0.25) is 0 Å². The van der Waals surface area contributed by atoms with Crippen molar-refractivity contribution in [1.29, 1.82) is 0 Å². The molecule has 128 valence electrons. The van der Waals surface area contributed by atoms with Crippen molar-refractivity contribution in [2.45, 2.75) is 12.5 Å². The van der Waals surface area contributed by atoms with Gasteiger partial charge in [0.15, 0.2) is 0 Å². The van der Waals surface area contributed by atoms with Gasteiger partial charge < -0.3 is 9.84 Å². The van der Waals surface area contributed by atoms with Crippen LogP contribution in [0.5, 0.6) is 5.75 Å². The third-order valence-electron chi connectivity index (χ3n) is 2.78. The van der Waals surface area contributed by atoms with Gasteiger partial charge in [0.1, 0.15) is 11.4 Å². The maximum Gasteiger partial charge on any atom is 0.573 e. The van der Waals surface area contributed by atoms with Crippen LogP contribution >= 0.6 is 0 Å². The van der Waals surface area contributed by atoms with Gasteiger partial charge >= 0.3 is 18.5 Å². The SMILES string of the molecule is O=C(O)c1ccc(C(F)(F)F)nc1-c1ccccc1OC(F)(F)F. The van der Waals surface area contributed by atoms with Crippen LogP contribution in [0.2, 0.25) is 0 Å². The van der Waals surface area contributed by atoms with E-state index < -0.39 is 46.8 Å². The van der Waals surface area contributed by atoms with Crippen molar-refractivity contribution < 1.29 is 41.0 Å². The van der Waals surface area contributed by atoms with Crippen LogP contribution in [0.4, 0.5) is 26.3 Å². The van der Waals surface area contributed by atoms with E-state index >= 15 is 0 Å². The molecule has 0 aliphatic rings. The molecule has 1 aromatic carbocycles. The molecule has 0 amide bonds. The normalized spacial score (nSPS) is 12.1. The summed E-state index contributed by atoms with van der Waals surface area (Å²) in [4.78, 5) is 14.3. The number of aromatic nitrogens is 1. The highest BCUT2D eigenvalue weighted by molar-refractivity contribution is 5.95. The first kappa shape index (κ1) is 17.6. The second-order valence-corrected chi connectivity index (χ2v) is 4.44. The van der Waals surface area contributed by atoms with Crippen LogP contribution in [-0.2, 0) is 6.18 Å². The van der Waals surface area contributed by atoms with E-state index in [2.05, 4.69) is 9.72 Å². The van der Waals surface area contributed by atoms with E-state index in [9.17, 15) is 31.1 Å². The van der Waals surface area contributed by atoms with E-state index in [4.69, 9.17) is 5.11 Å². The number of carbonyl (C=O) groups is 1. The van der Waals surface area contributed by atoms with Crippen LogP contribution in [0.25, 0.3) is 11.3 Å². The Kier molecular flexibility index (Phi) is 4.41. The van der Waals surface area contributed by atoms with Crippen molar-refractivity contribution in [3.8, 4) is 17.0 Å². The molecule has 10 heteroatoms. The molecular formula is C14H7F6NO3. The molecule has 4 nitrogen and oxygen atoms in total. The smallest absolute Gasteiger partial charge is 0.478 e. The number of carboxylic acids is 1. The first-order valence-electron chi connectivity index (χ1n) is 6.16. The zero-order valence-corrected chi connectivity index (χ0v) is 11.4. The number of para-hydroxylation sites is 1. The number of halogens is 6. The van der Waals surface area contributed by atoms with Crippen LogP contribution < -0.4 is 4.74 Å². The number of benzene rings is 1.